The van der Waals surface area contributed by atoms with Crippen molar-refractivity contribution in [1.29, 1.82) is 5.26 Å². The number of aromatic nitrogens is 2. The van der Waals surface area contributed by atoms with Gasteiger partial charge in [-0.15, -0.1) is 0 Å². The maximum Gasteiger partial charge on any atom is 0.343 e. The zero-order valence-corrected chi connectivity index (χ0v) is 26.6. The lowest BCUT2D eigenvalue weighted by molar-refractivity contribution is -0.384. The van der Waals surface area contributed by atoms with E-state index in [1.54, 1.807) is 30.3 Å². The molecule has 0 fully saturated rings. The summed E-state index contributed by atoms with van der Waals surface area (Å²) in [7, 11) is 0. The topological polar surface area (TPSA) is 148 Å². The molecule has 0 aliphatic rings. The van der Waals surface area contributed by atoms with Crippen molar-refractivity contribution in [2.75, 3.05) is 5.32 Å². The molecule has 10 nitrogen and oxygen atoms in total. The maximum atomic E-state index is 13.1. The summed E-state index contributed by atoms with van der Waals surface area (Å²) in [5.41, 5.74) is 4.33. The van der Waals surface area contributed by atoms with Gasteiger partial charge in [0, 0.05) is 23.3 Å². The molecule has 0 saturated carbocycles. The molecule has 0 spiro atoms. The van der Waals surface area contributed by atoms with E-state index in [-0.39, 0.29) is 38.3 Å². The van der Waals surface area contributed by atoms with E-state index in [1.807, 2.05) is 66.7 Å². The van der Waals surface area contributed by atoms with Crippen LogP contribution < -0.4 is 10.1 Å². The van der Waals surface area contributed by atoms with E-state index >= 15 is 0 Å². The SMILES string of the molecule is N#C/C(=C\c1ccc(OC(=O)c2ccc3nc(-c4ccccc4)c(-c4ccccc4)nc3c2)cc1)C(=O)Nc1c(Cl)cc([N+](=O)[O-])cc1Cl. The van der Waals surface area contributed by atoms with Crippen molar-refractivity contribution in [2.45, 2.75) is 0 Å². The van der Waals surface area contributed by atoms with Gasteiger partial charge in [-0.05, 0) is 42.0 Å². The normalized spacial score (nSPS) is 11.1. The highest BCUT2D eigenvalue weighted by Crippen LogP contribution is 2.35. The van der Waals surface area contributed by atoms with Crippen molar-refractivity contribution in [3.8, 4) is 34.3 Å². The molecule has 238 valence electrons. The highest BCUT2D eigenvalue weighted by Gasteiger charge is 2.19. The Morgan fingerprint density at radius 1 is 0.796 bits per heavy atom. The molecule has 1 heterocycles. The first-order chi connectivity index (χ1) is 23.7. The molecule has 5 aromatic carbocycles. The van der Waals surface area contributed by atoms with E-state index in [1.165, 1.54) is 18.2 Å². The van der Waals surface area contributed by atoms with E-state index in [2.05, 4.69) is 5.32 Å². The summed E-state index contributed by atoms with van der Waals surface area (Å²) in [5, 5.41) is 22.7. The molecular weight excluding hydrogens is 665 g/mol. The van der Waals surface area contributed by atoms with E-state index < -0.39 is 16.8 Å². The Morgan fingerprint density at radius 2 is 1.37 bits per heavy atom. The summed E-state index contributed by atoms with van der Waals surface area (Å²) in [5.74, 6) is -1.22. The van der Waals surface area contributed by atoms with Crippen LogP contribution in [0.1, 0.15) is 15.9 Å². The predicted molar refractivity (Wildman–Crippen MR) is 187 cm³/mol. The molecule has 6 rings (SSSR count). The molecule has 12 heteroatoms. The van der Waals surface area contributed by atoms with Gasteiger partial charge < -0.3 is 10.1 Å². The fourth-order valence-electron chi connectivity index (χ4n) is 4.85. The van der Waals surface area contributed by atoms with Crippen molar-refractivity contribution < 1.29 is 19.2 Å². The van der Waals surface area contributed by atoms with Crippen LogP contribution in [0.15, 0.2) is 121 Å². The monoisotopic (exact) mass is 685 g/mol. The number of benzene rings is 5. The minimum atomic E-state index is -0.832. The molecule has 0 bridgehead atoms. The van der Waals surface area contributed by atoms with E-state index in [0.717, 1.165) is 29.0 Å². The van der Waals surface area contributed by atoms with Crippen LogP contribution in [-0.2, 0) is 4.79 Å². The second kappa shape index (κ2) is 14.1. The van der Waals surface area contributed by atoms with Crippen molar-refractivity contribution in [3.05, 3.63) is 152 Å². The number of non-ortho nitro benzene ring substituents is 1. The van der Waals surface area contributed by atoms with Crippen molar-refractivity contribution in [1.82, 2.24) is 9.97 Å². The third-order valence-electron chi connectivity index (χ3n) is 7.24. The minimum absolute atomic E-state index is 0.0741. The molecule has 0 radical (unpaired) electrons. The summed E-state index contributed by atoms with van der Waals surface area (Å²) in [6.07, 6.45) is 1.31. The minimum Gasteiger partial charge on any atom is -0.423 e. The Labute approximate surface area is 289 Å². The second-order valence-electron chi connectivity index (χ2n) is 10.5. The van der Waals surface area contributed by atoms with Gasteiger partial charge in [-0.25, -0.2) is 14.8 Å². The number of hydrogen-bond acceptors (Lipinski definition) is 8. The van der Waals surface area contributed by atoms with Gasteiger partial charge in [0.2, 0.25) is 0 Å². The quantitative estimate of drug-likeness (QED) is 0.0417. The number of anilines is 1. The molecule has 1 aromatic heterocycles. The number of amides is 1. The van der Waals surface area contributed by atoms with Crippen LogP contribution in [0.2, 0.25) is 10.0 Å². The lowest BCUT2D eigenvalue weighted by Gasteiger charge is -2.11. The number of nitro benzene ring substituents is 1. The lowest BCUT2D eigenvalue weighted by Crippen LogP contribution is -2.14. The summed E-state index contributed by atoms with van der Waals surface area (Å²) >= 11 is 12.1. The van der Waals surface area contributed by atoms with Gasteiger partial charge in [-0.1, -0.05) is 96.0 Å². The van der Waals surface area contributed by atoms with Gasteiger partial charge in [0.05, 0.1) is 48.6 Å². The number of esters is 1. The fraction of sp³-hybridized carbons (Fsp3) is 0. The number of nitriles is 1. The second-order valence-corrected chi connectivity index (χ2v) is 11.3. The number of fused-ring (bicyclic) bond motifs is 1. The summed E-state index contributed by atoms with van der Waals surface area (Å²) in [4.78, 5) is 46.1. The third kappa shape index (κ3) is 7.29. The van der Waals surface area contributed by atoms with Gasteiger partial charge in [0.25, 0.3) is 11.6 Å². The van der Waals surface area contributed by atoms with Crippen molar-refractivity contribution in [2.24, 2.45) is 0 Å². The van der Waals surface area contributed by atoms with Crippen LogP contribution in [0.3, 0.4) is 0 Å². The van der Waals surface area contributed by atoms with Gasteiger partial charge in [-0.3, -0.25) is 14.9 Å². The number of rotatable bonds is 8. The number of nitrogens with zero attached hydrogens (tertiary/aromatic N) is 4. The Kier molecular flexibility index (Phi) is 9.39. The summed E-state index contributed by atoms with van der Waals surface area (Å²) < 4.78 is 5.59. The molecule has 1 amide bonds. The van der Waals surface area contributed by atoms with Gasteiger partial charge >= 0.3 is 5.97 Å². The first-order valence-electron chi connectivity index (χ1n) is 14.5. The van der Waals surface area contributed by atoms with Crippen LogP contribution >= 0.6 is 23.2 Å². The first-order valence-corrected chi connectivity index (χ1v) is 15.3. The average molecular weight is 687 g/mol. The largest absolute Gasteiger partial charge is 0.423 e. The fourth-order valence-corrected chi connectivity index (χ4v) is 5.42. The predicted octanol–water partition coefficient (Wildman–Crippen LogP) is 8.94. The Balaban J connectivity index is 1.20. The number of nitrogens with one attached hydrogen (secondary N) is 1. The van der Waals surface area contributed by atoms with Crippen molar-refractivity contribution in [3.63, 3.8) is 0 Å². The molecule has 0 aliphatic heterocycles. The molecular formula is C37H21Cl2N5O5. The molecule has 0 saturated heterocycles. The Morgan fingerprint density at radius 3 is 1.92 bits per heavy atom. The van der Waals surface area contributed by atoms with E-state index in [9.17, 15) is 25.0 Å². The number of carbonyl (C=O) groups excluding carboxylic acids is 2. The van der Waals surface area contributed by atoms with E-state index in [0.29, 0.717) is 22.3 Å². The van der Waals surface area contributed by atoms with Gasteiger partial charge in [0.15, 0.2) is 0 Å². The highest BCUT2D eigenvalue weighted by atomic mass is 35.5. The lowest BCUT2D eigenvalue weighted by atomic mass is 10.0. The zero-order chi connectivity index (χ0) is 34.5. The third-order valence-corrected chi connectivity index (χ3v) is 7.83. The number of hydrogen-bond donors (Lipinski definition) is 1. The molecule has 6 aromatic rings. The molecule has 49 heavy (non-hydrogen) atoms. The first kappa shape index (κ1) is 32.5. The number of ether oxygens (including phenoxy) is 1. The molecule has 0 aliphatic carbocycles. The van der Waals surface area contributed by atoms with E-state index in [4.69, 9.17) is 37.9 Å². The average Bonchev–Trinajstić information content (AvgIpc) is 3.12. The van der Waals surface area contributed by atoms with Crippen molar-refractivity contribution >= 4 is 63.6 Å². The van der Waals surface area contributed by atoms with Gasteiger partial charge in [0.1, 0.15) is 17.4 Å². The van der Waals surface area contributed by atoms with Crippen LogP contribution in [0, 0.1) is 21.4 Å². The standard InChI is InChI=1S/C37H21Cl2N5O5/c38-29-19-27(44(47)48)20-30(39)35(29)43-36(45)26(21-40)17-22-11-14-28(15-12-22)49-37(46)25-13-16-31-32(18-25)42-34(24-9-5-2-6-10-24)33(41-31)23-7-3-1-4-8-23/h1-20H,(H,43,45)/b26-17+. The smallest absolute Gasteiger partial charge is 0.343 e. The maximum absolute atomic E-state index is 13.1. The van der Waals surface area contributed by atoms with Crippen LogP contribution in [-0.4, -0.2) is 26.8 Å². The number of carbonyl (C=O) groups is 2. The molecule has 1 N–H and O–H groups in total. The summed E-state index contributed by atoms with van der Waals surface area (Å²) in [6, 6.07) is 34.4. The zero-order valence-electron chi connectivity index (χ0n) is 25.1. The highest BCUT2D eigenvalue weighted by molar-refractivity contribution is 6.40. The Hall–Kier alpha value is -6.41. The van der Waals surface area contributed by atoms with Crippen LogP contribution in [0.5, 0.6) is 5.75 Å². The molecule has 0 unspecified atom stereocenters. The number of nitro groups is 1. The molecule has 0 atom stereocenters. The van der Waals surface area contributed by atoms with Crippen LogP contribution in [0.4, 0.5) is 11.4 Å². The van der Waals surface area contributed by atoms with Crippen LogP contribution in [0.25, 0.3) is 39.6 Å². The Bertz CT molecular complexity index is 2300. The van der Waals surface area contributed by atoms with Gasteiger partial charge in [-0.2, -0.15) is 5.26 Å². The summed E-state index contributed by atoms with van der Waals surface area (Å²) in [6.45, 7) is 0. The number of halogens is 2.